The molecule has 0 bridgehead atoms. The van der Waals surface area contributed by atoms with Crippen molar-refractivity contribution in [1.82, 2.24) is 4.90 Å². The number of benzene rings is 2. The Morgan fingerprint density at radius 1 is 1.14 bits per heavy atom. The van der Waals surface area contributed by atoms with E-state index in [9.17, 15) is 4.79 Å². The summed E-state index contributed by atoms with van der Waals surface area (Å²) < 4.78 is 5.55. The van der Waals surface area contributed by atoms with Gasteiger partial charge in [-0.15, -0.1) is 0 Å². The zero-order valence-corrected chi connectivity index (χ0v) is 12.5. The molecule has 0 unspecified atom stereocenters. The average Bonchev–Trinajstić information content (AvgIpc) is 2.50. The molecule has 0 spiro atoms. The van der Waals surface area contributed by atoms with Crippen molar-refractivity contribution >= 4 is 23.3 Å². The topological polar surface area (TPSA) is 41.6 Å². The first-order valence-electron chi connectivity index (χ1n) is 6.61. The molecule has 110 valence electrons. The van der Waals surface area contributed by atoms with Crippen LogP contribution in [-0.2, 0) is 0 Å². The first-order valence-corrected chi connectivity index (χ1v) is 6.98. The van der Waals surface area contributed by atoms with E-state index in [1.807, 2.05) is 30.3 Å². The maximum absolute atomic E-state index is 11.9. The van der Waals surface area contributed by atoms with Gasteiger partial charge in [0.15, 0.2) is 0 Å². The molecule has 0 atom stereocenters. The monoisotopic (exact) mass is 304 g/mol. The van der Waals surface area contributed by atoms with Crippen LogP contribution in [-0.4, -0.2) is 31.1 Å². The van der Waals surface area contributed by atoms with E-state index >= 15 is 0 Å². The normalized spacial score (nSPS) is 10.0. The van der Waals surface area contributed by atoms with Gasteiger partial charge < -0.3 is 15.0 Å². The third-order valence-corrected chi connectivity index (χ3v) is 3.13. The van der Waals surface area contributed by atoms with Gasteiger partial charge in [0.1, 0.15) is 12.4 Å². The number of halogens is 1. The number of carbonyl (C=O) groups is 1. The Kier molecular flexibility index (Phi) is 5.46. The number of anilines is 1. The second-order valence-electron chi connectivity index (χ2n) is 4.52. The molecule has 2 aromatic carbocycles. The summed E-state index contributed by atoms with van der Waals surface area (Å²) in [7, 11) is 1.73. The van der Waals surface area contributed by atoms with Gasteiger partial charge in [-0.1, -0.05) is 29.8 Å². The van der Waals surface area contributed by atoms with Gasteiger partial charge in [-0.2, -0.15) is 0 Å². The summed E-state index contributed by atoms with van der Waals surface area (Å²) in [4.78, 5) is 13.5. The van der Waals surface area contributed by atoms with Crippen molar-refractivity contribution in [2.45, 2.75) is 0 Å². The molecule has 4 nitrogen and oxygen atoms in total. The zero-order valence-electron chi connectivity index (χ0n) is 11.8. The number of ether oxygens (including phenoxy) is 1. The lowest BCUT2D eigenvalue weighted by molar-refractivity contribution is 0.207. The number of amides is 2. The van der Waals surface area contributed by atoms with E-state index in [4.69, 9.17) is 16.3 Å². The summed E-state index contributed by atoms with van der Waals surface area (Å²) in [5.41, 5.74) is 0.771. The Hall–Kier alpha value is -2.20. The fourth-order valence-electron chi connectivity index (χ4n) is 1.67. The summed E-state index contributed by atoms with van der Waals surface area (Å²) in [5.74, 6) is 0.733. The third-order valence-electron chi connectivity index (χ3n) is 2.88. The molecule has 0 saturated carbocycles. The van der Waals surface area contributed by atoms with Crippen LogP contribution in [0.4, 0.5) is 10.5 Å². The number of nitrogens with zero attached hydrogens (tertiary/aromatic N) is 1. The van der Waals surface area contributed by atoms with Crippen LogP contribution in [0.1, 0.15) is 0 Å². The van der Waals surface area contributed by atoms with Gasteiger partial charge in [-0.3, -0.25) is 0 Å². The molecule has 0 aliphatic heterocycles. The van der Waals surface area contributed by atoms with E-state index in [-0.39, 0.29) is 6.03 Å². The third kappa shape index (κ3) is 5.00. The maximum atomic E-state index is 11.9. The van der Waals surface area contributed by atoms with Crippen molar-refractivity contribution in [3.8, 4) is 5.75 Å². The molecular formula is C16H17ClN2O2. The number of rotatable bonds is 5. The first kappa shape index (κ1) is 15.2. The summed E-state index contributed by atoms with van der Waals surface area (Å²) in [6.45, 7) is 0.904. The lowest BCUT2D eigenvalue weighted by Crippen LogP contribution is -2.34. The molecule has 0 fully saturated rings. The summed E-state index contributed by atoms with van der Waals surface area (Å²) in [6.07, 6.45) is 0. The van der Waals surface area contributed by atoms with Crippen LogP contribution < -0.4 is 10.1 Å². The van der Waals surface area contributed by atoms with Crippen LogP contribution in [0.25, 0.3) is 0 Å². The SMILES string of the molecule is CN(CCOc1ccc(Cl)cc1)C(=O)Nc1ccccc1. The molecule has 0 aromatic heterocycles. The number of urea groups is 1. The van der Waals surface area contributed by atoms with Crippen molar-refractivity contribution < 1.29 is 9.53 Å². The predicted molar refractivity (Wildman–Crippen MR) is 85.0 cm³/mol. The van der Waals surface area contributed by atoms with Crippen molar-refractivity contribution in [1.29, 1.82) is 0 Å². The van der Waals surface area contributed by atoms with E-state index in [1.165, 1.54) is 0 Å². The molecule has 2 rings (SSSR count). The van der Waals surface area contributed by atoms with Crippen molar-refractivity contribution in [2.75, 3.05) is 25.5 Å². The molecule has 0 aliphatic carbocycles. The average molecular weight is 305 g/mol. The van der Waals surface area contributed by atoms with Crippen LogP contribution in [0.15, 0.2) is 54.6 Å². The minimum atomic E-state index is -0.166. The molecule has 21 heavy (non-hydrogen) atoms. The number of carbonyl (C=O) groups excluding carboxylic acids is 1. The fraction of sp³-hybridized carbons (Fsp3) is 0.188. The van der Waals surface area contributed by atoms with E-state index in [1.54, 1.807) is 36.2 Å². The summed E-state index contributed by atoms with van der Waals surface area (Å²) >= 11 is 5.80. The number of para-hydroxylation sites is 1. The Labute approximate surface area is 129 Å². The largest absolute Gasteiger partial charge is 0.492 e. The molecule has 5 heteroatoms. The molecule has 2 aromatic rings. The Balaban J connectivity index is 1.75. The van der Waals surface area contributed by atoms with Crippen molar-refractivity contribution in [3.63, 3.8) is 0 Å². The first-order chi connectivity index (χ1) is 10.1. The highest BCUT2D eigenvalue weighted by molar-refractivity contribution is 6.30. The minimum absolute atomic E-state index is 0.166. The Morgan fingerprint density at radius 3 is 2.48 bits per heavy atom. The second kappa shape index (κ2) is 7.55. The van der Waals surface area contributed by atoms with Gasteiger partial charge in [0, 0.05) is 17.8 Å². The maximum Gasteiger partial charge on any atom is 0.321 e. The number of nitrogens with one attached hydrogen (secondary N) is 1. The van der Waals surface area contributed by atoms with E-state index < -0.39 is 0 Å². The fourth-order valence-corrected chi connectivity index (χ4v) is 1.80. The number of hydrogen-bond acceptors (Lipinski definition) is 2. The number of likely N-dealkylation sites (N-methyl/N-ethyl adjacent to an activating group) is 1. The lowest BCUT2D eigenvalue weighted by atomic mass is 10.3. The van der Waals surface area contributed by atoms with Crippen molar-refractivity contribution in [2.24, 2.45) is 0 Å². The highest BCUT2D eigenvalue weighted by atomic mass is 35.5. The standard InChI is InChI=1S/C16H17ClN2O2/c1-19(16(20)18-14-5-3-2-4-6-14)11-12-21-15-9-7-13(17)8-10-15/h2-10H,11-12H2,1H3,(H,18,20). The second-order valence-corrected chi connectivity index (χ2v) is 4.96. The molecule has 1 N–H and O–H groups in total. The molecule has 2 amide bonds. The molecule has 0 saturated heterocycles. The van der Waals surface area contributed by atoms with Gasteiger partial charge in [-0.25, -0.2) is 4.79 Å². The predicted octanol–water partition coefficient (Wildman–Crippen LogP) is 3.88. The minimum Gasteiger partial charge on any atom is -0.492 e. The Morgan fingerprint density at radius 2 is 1.81 bits per heavy atom. The van der Waals surface area contributed by atoms with Gasteiger partial charge in [-0.05, 0) is 36.4 Å². The highest BCUT2D eigenvalue weighted by Crippen LogP contribution is 2.15. The molecular weight excluding hydrogens is 288 g/mol. The number of hydrogen-bond donors (Lipinski definition) is 1. The van der Waals surface area contributed by atoms with Crippen LogP contribution in [0.2, 0.25) is 5.02 Å². The quantitative estimate of drug-likeness (QED) is 0.910. The van der Waals surface area contributed by atoms with Gasteiger partial charge in [0.05, 0.1) is 6.54 Å². The van der Waals surface area contributed by atoms with Crippen molar-refractivity contribution in [3.05, 3.63) is 59.6 Å². The highest BCUT2D eigenvalue weighted by Gasteiger charge is 2.08. The van der Waals surface area contributed by atoms with E-state index in [0.717, 1.165) is 11.4 Å². The van der Waals surface area contributed by atoms with Crippen LogP contribution in [0.3, 0.4) is 0 Å². The Bertz CT molecular complexity index is 573. The molecule has 0 radical (unpaired) electrons. The van der Waals surface area contributed by atoms with Crippen LogP contribution >= 0.6 is 11.6 Å². The van der Waals surface area contributed by atoms with E-state index in [0.29, 0.717) is 18.2 Å². The summed E-state index contributed by atoms with van der Waals surface area (Å²) in [5, 5.41) is 3.48. The molecule has 0 heterocycles. The van der Waals surface area contributed by atoms with Crippen LogP contribution in [0, 0.1) is 0 Å². The summed E-state index contributed by atoms with van der Waals surface area (Å²) in [6, 6.07) is 16.3. The van der Waals surface area contributed by atoms with Crippen LogP contribution in [0.5, 0.6) is 5.75 Å². The lowest BCUT2D eigenvalue weighted by Gasteiger charge is -2.18. The van der Waals surface area contributed by atoms with Gasteiger partial charge in [0.25, 0.3) is 0 Å². The zero-order chi connectivity index (χ0) is 15.1. The smallest absolute Gasteiger partial charge is 0.321 e. The van der Waals surface area contributed by atoms with E-state index in [2.05, 4.69) is 5.32 Å². The van der Waals surface area contributed by atoms with Gasteiger partial charge >= 0.3 is 6.03 Å². The molecule has 0 aliphatic rings. The van der Waals surface area contributed by atoms with Gasteiger partial charge in [0.2, 0.25) is 0 Å².